The Morgan fingerprint density at radius 3 is 2.29 bits per heavy atom. The highest BCUT2D eigenvalue weighted by atomic mass is 32.2. The van der Waals surface area contributed by atoms with Gasteiger partial charge in [0.1, 0.15) is 5.75 Å². The maximum absolute atomic E-state index is 11.9. The van der Waals surface area contributed by atoms with E-state index in [9.17, 15) is 26.4 Å². The minimum atomic E-state index is -4.81. The summed E-state index contributed by atoms with van der Waals surface area (Å²) < 4.78 is 64.6. The van der Waals surface area contributed by atoms with Crippen LogP contribution in [0.25, 0.3) is 0 Å². The van der Waals surface area contributed by atoms with Gasteiger partial charge in [-0.05, 0) is 24.6 Å². The second-order valence-electron chi connectivity index (χ2n) is 4.04. The molecule has 10 heteroatoms. The van der Waals surface area contributed by atoms with Crippen molar-refractivity contribution in [2.75, 3.05) is 0 Å². The number of carbonyl (C=O) groups is 1. The Kier molecular flexibility index (Phi) is 5.18. The van der Waals surface area contributed by atoms with Gasteiger partial charge in [-0.3, -0.25) is 4.79 Å². The van der Waals surface area contributed by atoms with Gasteiger partial charge in [-0.25, -0.2) is 13.1 Å². The second-order valence-corrected chi connectivity index (χ2v) is 6.12. The Hall–Kier alpha value is -1.81. The number of carboxylic acids is 1. The molecule has 1 atom stereocenters. The Bertz CT molecular complexity index is 597. The van der Waals surface area contributed by atoms with Crippen LogP contribution in [0.3, 0.4) is 0 Å². The van der Waals surface area contributed by atoms with Crippen LogP contribution in [-0.2, 0) is 21.4 Å². The van der Waals surface area contributed by atoms with Gasteiger partial charge in [0.05, 0.1) is 0 Å². The highest BCUT2D eigenvalue weighted by molar-refractivity contribution is 7.90. The summed E-state index contributed by atoms with van der Waals surface area (Å²) in [6.45, 7) is 0.761. The first-order valence-corrected chi connectivity index (χ1v) is 7.12. The molecule has 21 heavy (non-hydrogen) atoms. The Labute approximate surface area is 118 Å². The number of rotatable bonds is 6. The smallest absolute Gasteiger partial charge is 0.480 e. The summed E-state index contributed by atoms with van der Waals surface area (Å²) in [6.07, 6.45) is -4.81. The highest BCUT2D eigenvalue weighted by Crippen LogP contribution is 2.22. The van der Waals surface area contributed by atoms with Gasteiger partial charge in [0.25, 0.3) is 0 Å². The number of aliphatic carboxylic acids is 1. The van der Waals surface area contributed by atoms with Gasteiger partial charge in [0, 0.05) is 6.54 Å². The third kappa shape index (κ3) is 5.60. The summed E-state index contributed by atoms with van der Waals surface area (Å²) in [6, 6.07) is 4.51. The number of carboxylic acid groups (broad SMARTS) is 1. The maximum Gasteiger partial charge on any atom is 0.573 e. The summed E-state index contributed by atoms with van der Waals surface area (Å²) in [7, 11) is -4.06. The maximum atomic E-state index is 11.9. The number of alkyl halides is 3. The lowest BCUT2D eigenvalue weighted by Gasteiger charge is -2.11. The molecule has 1 rings (SSSR count). The van der Waals surface area contributed by atoms with E-state index in [1.807, 2.05) is 0 Å². The molecule has 0 aliphatic heterocycles. The van der Waals surface area contributed by atoms with Crippen LogP contribution in [0.1, 0.15) is 12.5 Å². The average molecular weight is 327 g/mol. The molecule has 0 aromatic heterocycles. The number of hydrogen-bond acceptors (Lipinski definition) is 4. The predicted octanol–water partition coefficient (Wildman–Crippen LogP) is 1.48. The fourth-order valence-corrected chi connectivity index (χ4v) is 2.13. The van der Waals surface area contributed by atoms with Crippen molar-refractivity contribution in [3.8, 4) is 5.75 Å². The molecule has 1 aromatic rings. The predicted molar refractivity (Wildman–Crippen MR) is 66.0 cm³/mol. The van der Waals surface area contributed by atoms with Crippen LogP contribution >= 0.6 is 0 Å². The topological polar surface area (TPSA) is 92.7 Å². The second kappa shape index (κ2) is 6.31. The molecule has 0 heterocycles. The van der Waals surface area contributed by atoms with Gasteiger partial charge in [-0.2, -0.15) is 0 Å². The first-order chi connectivity index (χ1) is 9.51. The lowest BCUT2D eigenvalue weighted by Crippen LogP contribution is -2.37. The van der Waals surface area contributed by atoms with Crippen LogP contribution in [0.2, 0.25) is 0 Å². The van der Waals surface area contributed by atoms with Crippen molar-refractivity contribution in [1.29, 1.82) is 0 Å². The van der Waals surface area contributed by atoms with Gasteiger partial charge >= 0.3 is 12.3 Å². The van der Waals surface area contributed by atoms with E-state index in [1.54, 1.807) is 0 Å². The van der Waals surface area contributed by atoms with Crippen LogP contribution in [0.4, 0.5) is 13.2 Å². The van der Waals surface area contributed by atoms with E-state index in [-0.39, 0.29) is 6.54 Å². The van der Waals surface area contributed by atoms with Crippen LogP contribution in [0.15, 0.2) is 24.3 Å². The van der Waals surface area contributed by atoms with Crippen molar-refractivity contribution in [2.45, 2.75) is 25.1 Å². The molecule has 1 unspecified atom stereocenters. The van der Waals surface area contributed by atoms with E-state index in [2.05, 4.69) is 9.46 Å². The van der Waals surface area contributed by atoms with Gasteiger partial charge in [0.2, 0.25) is 10.0 Å². The zero-order valence-electron chi connectivity index (χ0n) is 10.7. The normalized spacial score (nSPS) is 13.7. The third-order valence-electron chi connectivity index (χ3n) is 2.45. The molecular weight excluding hydrogens is 315 g/mol. The number of benzene rings is 1. The van der Waals surface area contributed by atoms with E-state index < -0.39 is 33.4 Å². The summed E-state index contributed by atoms with van der Waals surface area (Å²) in [4.78, 5) is 10.6. The number of sulfonamides is 1. The summed E-state index contributed by atoms with van der Waals surface area (Å²) >= 11 is 0. The molecule has 0 radical (unpaired) electrons. The molecule has 0 aliphatic rings. The van der Waals surface area contributed by atoms with Gasteiger partial charge in [0.15, 0.2) is 5.25 Å². The van der Waals surface area contributed by atoms with Crippen molar-refractivity contribution in [2.24, 2.45) is 0 Å². The monoisotopic (exact) mass is 327 g/mol. The van der Waals surface area contributed by atoms with Gasteiger partial charge in [-0.15, -0.1) is 13.2 Å². The van der Waals surface area contributed by atoms with E-state index in [0.29, 0.717) is 5.56 Å². The Balaban J connectivity index is 2.67. The number of ether oxygens (including phenoxy) is 1. The van der Waals surface area contributed by atoms with Crippen LogP contribution < -0.4 is 9.46 Å². The van der Waals surface area contributed by atoms with E-state index in [0.717, 1.165) is 19.1 Å². The molecule has 0 saturated carbocycles. The zero-order valence-corrected chi connectivity index (χ0v) is 11.5. The molecule has 0 aliphatic carbocycles. The van der Waals surface area contributed by atoms with Crippen LogP contribution in [0, 0.1) is 0 Å². The molecule has 0 amide bonds. The number of halogens is 3. The quantitative estimate of drug-likeness (QED) is 0.825. The lowest BCUT2D eigenvalue weighted by molar-refractivity contribution is -0.274. The van der Waals surface area contributed by atoms with Crippen molar-refractivity contribution >= 4 is 16.0 Å². The highest BCUT2D eigenvalue weighted by Gasteiger charge is 2.31. The van der Waals surface area contributed by atoms with Gasteiger partial charge in [-0.1, -0.05) is 12.1 Å². The van der Waals surface area contributed by atoms with Crippen molar-refractivity contribution < 1.29 is 36.2 Å². The lowest BCUT2D eigenvalue weighted by atomic mass is 10.2. The molecule has 0 fully saturated rings. The van der Waals surface area contributed by atoms with Crippen LogP contribution in [-0.4, -0.2) is 31.1 Å². The number of nitrogens with one attached hydrogen (secondary N) is 1. The average Bonchev–Trinajstić information content (AvgIpc) is 2.35. The Morgan fingerprint density at radius 1 is 1.33 bits per heavy atom. The molecule has 1 aromatic carbocycles. The van der Waals surface area contributed by atoms with Crippen molar-refractivity contribution in [1.82, 2.24) is 4.72 Å². The fourth-order valence-electron chi connectivity index (χ4n) is 1.25. The first kappa shape index (κ1) is 17.2. The molecule has 0 bridgehead atoms. The molecule has 2 N–H and O–H groups in total. The zero-order chi connectivity index (χ0) is 16.3. The minimum Gasteiger partial charge on any atom is -0.480 e. The standard InChI is InChI=1S/C11H12F3NO5S/c1-7(10(16)17)21(18,19)15-6-8-2-4-9(5-3-8)20-11(12,13)14/h2-5,7,15H,6H2,1H3,(H,16,17). The molecule has 0 saturated heterocycles. The molecule has 0 spiro atoms. The molecule has 118 valence electrons. The minimum absolute atomic E-state index is 0.244. The first-order valence-electron chi connectivity index (χ1n) is 5.57. The largest absolute Gasteiger partial charge is 0.573 e. The third-order valence-corrected chi connectivity index (χ3v) is 4.13. The summed E-state index contributed by atoms with van der Waals surface area (Å²) in [5.74, 6) is -1.94. The van der Waals surface area contributed by atoms with E-state index in [1.165, 1.54) is 12.1 Å². The SMILES string of the molecule is CC(C(=O)O)S(=O)(=O)NCc1ccc(OC(F)(F)F)cc1. The molecule has 6 nitrogen and oxygen atoms in total. The Morgan fingerprint density at radius 2 is 1.86 bits per heavy atom. The molecular formula is C11H12F3NO5S. The van der Waals surface area contributed by atoms with E-state index in [4.69, 9.17) is 5.11 Å². The number of hydrogen-bond donors (Lipinski definition) is 2. The van der Waals surface area contributed by atoms with Crippen LogP contribution in [0.5, 0.6) is 5.75 Å². The summed E-state index contributed by atoms with van der Waals surface area (Å²) in [5, 5.41) is 6.98. The van der Waals surface area contributed by atoms with E-state index >= 15 is 0 Å². The van der Waals surface area contributed by atoms with Crippen molar-refractivity contribution in [3.63, 3.8) is 0 Å². The van der Waals surface area contributed by atoms with Crippen molar-refractivity contribution in [3.05, 3.63) is 29.8 Å². The van der Waals surface area contributed by atoms with Gasteiger partial charge < -0.3 is 9.84 Å². The summed E-state index contributed by atoms with van der Waals surface area (Å²) in [5.41, 5.74) is 0.352. The fraction of sp³-hybridized carbons (Fsp3) is 0.364.